The summed E-state index contributed by atoms with van der Waals surface area (Å²) >= 11 is 5.78. The van der Waals surface area contributed by atoms with Crippen molar-refractivity contribution in [1.82, 2.24) is 9.97 Å². The molecule has 3 aromatic rings. The fourth-order valence-corrected chi connectivity index (χ4v) is 2.47. The first-order valence-corrected chi connectivity index (χ1v) is 7.70. The van der Waals surface area contributed by atoms with Gasteiger partial charge in [-0.15, -0.1) is 0 Å². The van der Waals surface area contributed by atoms with E-state index in [9.17, 15) is 14.4 Å². The van der Waals surface area contributed by atoms with Crippen LogP contribution in [-0.4, -0.2) is 21.7 Å². The number of hydrogen-bond donors (Lipinski definition) is 3. The summed E-state index contributed by atoms with van der Waals surface area (Å²) in [5, 5.41) is 3.27. The highest BCUT2D eigenvalue weighted by Crippen LogP contribution is 2.16. The molecule has 0 radical (unpaired) electrons. The van der Waals surface area contributed by atoms with Crippen LogP contribution in [0.1, 0.15) is 23.2 Å². The van der Waals surface area contributed by atoms with Gasteiger partial charge in [-0.3, -0.25) is 9.59 Å². The van der Waals surface area contributed by atoms with Gasteiger partial charge in [-0.25, -0.2) is 4.79 Å². The van der Waals surface area contributed by atoms with Crippen LogP contribution in [-0.2, 0) is 4.79 Å². The molecule has 0 aliphatic rings. The zero-order valence-electron chi connectivity index (χ0n) is 12.6. The molecule has 0 aliphatic carbocycles. The van der Waals surface area contributed by atoms with Gasteiger partial charge in [0, 0.05) is 29.1 Å². The third-order valence-corrected chi connectivity index (χ3v) is 3.80. The van der Waals surface area contributed by atoms with Gasteiger partial charge in [0.2, 0.25) is 5.91 Å². The van der Waals surface area contributed by atoms with E-state index in [-0.39, 0.29) is 30.2 Å². The number of Topliss-reactive ketones (excluding diaryl/α,β-unsaturated/α-hetero) is 1. The minimum Gasteiger partial charge on any atom is -0.326 e. The van der Waals surface area contributed by atoms with E-state index in [0.717, 1.165) is 0 Å². The Bertz CT molecular complexity index is 957. The molecule has 1 heterocycles. The average Bonchev–Trinajstić information content (AvgIpc) is 2.92. The third-order valence-electron chi connectivity index (χ3n) is 3.55. The van der Waals surface area contributed by atoms with Crippen molar-refractivity contribution in [2.24, 2.45) is 0 Å². The molecule has 1 amide bonds. The molecule has 0 atom stereocenters. The topological polar surface area (TPSA) is 94.8 Å². The Morgan fingerprint density at radius 1 is 0.958 bits per heavy atom. The number of halogens is 1. The SMILES string of the molecule is O=C(CCC(=O)c1ccc(Cl)cc1)Nc1ccc2[nH]c(=O)[nH]c2c1. The van der Waals surface area contributed by atoms with Crippen molar-refractivity contribution in [3.63, 3.8) is 0 Å². The maximum Gasteiger partial charge on any atom is 0.323 e. The molecule has 2 aromatic carbocycles. The van der Waals surface area contributed by atoms with Crippen molar-refractivity contribution in [2.45, 2.75) is 12.8 Å². The monoisotopic (exact) mass is 343 g/mol. The number of H-pyrrole nitrogens is 2. The summed E-state index contributed by atoms with van der Waals surface area (Å²) < 4.78 is 0. The summed E-state index contributed by atoms with van der Waals surface area (Å²) in [6.45, 7) is 0. The number of rotatable bonds is 5. The van der Waals surface area contributed by atoms with Crippen LogP contribution in [0.25, 0.3) is 11.0 Å². The van der Waals surface area contributed by atoms with Gasteiger partial charge in [0.25, 0.3) is 0 Å². The molecule has 0 saturated carbocycles. The molecule has 0 saturated heterocycles. The number of anilines is 1. The number of nitrogens with one attached hydrogen (secondary N) is 3. The summed E-state index contributed by atoms with van der Waals surface area (Å²) in [6, 6.07) is 11.6. The van der Waals surface area contributed by atoms with Gasteiger partial charge in [0.1, 0.15) is 0 Å². The number of carbonyl (C=O) groups excluding carboxylic acids is 2. The van der Waals surface area contributed by atoms with Crippen molar-refractivity contribution in [1.29, 1.82) is 0 Å². The molecule has 6 nitrogen and oxygen atoms in total. The molecule has 0 bridgehead atoms. The van der Waals surface area contributed by atoms with Crippen LogP contribution < -0.4 is 11.0 Å². The number of ketones is 1. The number of fused-ring (bicyclic) bond motifs is 1. The Morgan fingerprint density at radius 3 is 2.42 bits per heavy atom. The van der Waals surface area contributed by atoms with Crippen LogP contribution in [0.4, 0.5) is 5.69 Å². The standard InChI is InChI=1S/C17H14ClN3O3/c18-11-3-1-10(2-4-11)15(22)7-8-16(23)19-12-5-6-13-14(9-12)21-17(24)20-13/h1-6,9H,7-8H2,(H,19,23)(H2,20,21,24). The van der Waals surface area contributed by atoms with E-state index in [1.165, 1.54) is 0 Å². The predicted octanol–water partition coefficient (Wildman–Crippen LogP) is 3.11. The van der Waals surface area contributed by atoms with E-state index in [4.69, 9.17) is 11.6 Å². The number of hydrogen-bond acceptors (Lipinski definition) is 3. The molecule has 24 heavy (non-hydrogen) atoms. The molecule has 0 spiro atoms. The maximum absolute atomic E-state index is 12.0. The summed E-state index contributed by atoms with van der Waals surface area (Å²) in [6.07, 6.45) is 0.180. The van der Waals surface area contributed by atoms with Crippen molar-refractivity contribution >= 4 is 40.0 Å². The normalized spacial score (nSPS) is 10.7. The highest BCUT2D eigenvalue weighted by Gasteiger charge is 2.10. The lowest BCUT2D eigenvalue weighted by molar-refractivity contribution is -0.116. The smallest absolute Gasteiger partial charge is 0.323 e. The van der Waals surface area contributed by atoms with E-state index in [1.54, 1.807) is 42.5 Å². The molecular formula is C17H14ClN3O3. The zero-order valence-corrected chi connectivity index (χ0v) is 13.3. The van der Waals surface area contributed by atoms with E-state index in [1.807, 2.05) is 0 Å². The lowest BCUT2D eigenvalue weighted by atomic mass is 10.1. The number of amides is 1. The van der Waals surface area contributed by atoms with Gasteiger partial charge in [-0.2, -0.15) is 0 Å². The number of carbonyl (C=O) groups is 2. The molecule has 0 unspecified atom stereocenters. The number of imidazole rings is 1. The van der Waals surface area contributed by atoms with E-state index >= 15 is 0 Å². The summed E-state index contributed by atoms with van der Waals surface area (Å²) in [5.41, 5.74) is 2.05. The van der Waals surface area contributed by atoms with Crippen LogP contribution in [0, 0.1) is 0 Å². The van der Waals surface area contributed by atoms with E-state index in [0.29, 0.717) is 27.3 Å². The van der Waals surface area contributed by atoms with Gasteiger partial charge < -0.3 is 15.3 Å². The molecule has 3 rings (SSSR count). The Kier molecular flexibility index (Phi) is 4.48. The predicted molar refractivity (Wildman–Crippen MR) is 92.6 cm³/mol. The van der Waals surface area contributed by atoms with Crippen molar-refractivity contribution in [3.05, 3.63) is 63.5 Å². The third kappa shape index (κ3) is 3.72. The lowest BCUT2D eigenvalue weighted by Gasteiger charge is -2.05. The Labute approximate surface area is 141 Å². The highest BCUT2D eigenvalue weighted by molar-refractivity contribution is 6.30. The van der Waals surface area contributed by atoms with Gasteiger partial charge in [0.15, 0.2) is 5.78 Å². The van der Waals surface area contributed by atoms with Gasteiger partial charge in [-0.1, -0.05) is 11.6 Å². The fourth-order valence-electron chi connectivity index (χ4n) is 2.34. The molecule has 0 fully saturated rings. The van der Waals surface area contributed by atoms with Crippen LogP contribution in [0.15, 0.2) is 47.3 Å². The van der Waals surface area contributed by atoms with Crippen LogP contribution in [0.5, 0.6) is 0 Å². The summed E-state index contributed by atoms with van der Waals surface area (Å²) in [5.74, 6) is -0.387. The van der Waals surface area contributed by atoms with Gasteiger partial charge in [0.05, 0.1) is 11.0 Å². The highest BCUT2D eigenvalue weighted by atomic mass is 35.5. The van der Waals surface area contributed by atoms with E-state index in [2.05, 4.69) is 15.3 Å². The van der Waals surface area contributed by atoms with Crippen molar-refractivity contribution in [2.75, 3.05) is 5.32 Å². The molecule has 122 valence electrons. The van der Waals surface area contributed by atoms with Gasteiger partial charge >= 0.3 is 5.69 Å². The second-order valence-corrected chi connectivity index (χ2v) is 5.75. The quantitative estimate of drug-likeness (QED) is 0.621. The van der Waals surface area contributed by atoms with Crippen LogP contribution in [0.2, 0.25) is 5.02 Å². The van der Waals surface area contributed by atoms with Crippen LogP contribution in [0.3, 0.4) is 0 Å². The Morgan fingerprint density at radius 2 is 1.67 bits per heavy atom. The molecule has 3 N–H and O–H groups in total. The lowest BCUT2D eigenvalue weighted by Crippen LogP contribution is -2.13. The first-order chi connectivity index (χ1) is 11.5. The second-order valence-electron chi connectivity index (χ2n) is 5.32. The largest absolute Gasteiger partial charge is 0.326 e. The zero-order chi connectivity index (χ0) is 17.1. The second kappa shape index (κ2) is 6.72. The summed E-state index contributed by atoms with van der Waals surface area (Å²) in [7, 11) is 0. The van der Waals surface area contributed by atoms with E-state index < -0.39 is 0 Å². The first kappa shape index (κ1) is 16.0. The minimum atomic E-state index is -0.304. The Balaban J connectivity index is 1.59. The molecular weight excluding hydrogens is 330 g/mol. The average molecular weight is 344 g/mol. The van der Waals surface area contributed by atoms with Crippen molar-refractivity contribution in [3.8, 4) is 0 Å². The first-order valence-electron chi connectivity index (χ1n) is 7.32. The van der Waals surface area contributed by atoms with Crippen molar-refractivity contribution < 1.29 is 9.59 Å². The molecule has 1 aromatic heterocycles. The maximum atomic E-state index is 12.0. The van der Waals surface area contributed by atoms with Gasteiger partial charge in [-0.05, 0) is 42.5 Å². The number of benzene rings is 2. The Hall–Kier alpha value is -2.86. The number of aromatic nitrogens is 2. The van der Waals surface area contributed by atoms with Crippen LogP contribution >= 0.6 is 11.6 Å². The molecule has 7 heteroatoms. The minimum absolute atomic E-state index is 0.0726. The molecule has 0 aliphatic heterocycles. The number of aromatic amines is 2. The summed E-state index contributed by atoms with van der Waals surface area (Å²) in [4.78, 5) is 40.5. The fraction of sp³-hybridized carbons (Fsp3) is 0.118.